The van der Waals surface area contributed by atoms with Crippen LogP contribution in [0, 0.1) is 0 Å². The highest BCUT2D eigenvalue weighted by atomic mass is 32.2. The molecule has 5 nitrogen and oxygen atoms in total. The molecule has 0 saturated carbocycles. The molecule has 2 aromatic carbocycles. The van der Waals surface area contributed by atoms with Gasteiger partial charge in [0, 0.05) is 17.5 Å². The molecule has 28 heavy (non-hydrogen) atoms. The topological polar surface area (TPSA) is 75.3 Å². The second-order valence-electron chi connectivity index (χ2n) is 6.37. The summed E-state index contributed by atoms with van der Waals surface area (Å²) in [6, 6.07) is 17.5. The summed E-state index contributed by atoms with van der Waals surface area (Å²) in [6.07, 6.45) is 0.927. The Morgan fingerprint density at radius 1 is 1.04 bits per heavy atom. The molecule has 0 radical (unpaired) electrons. The van der Waals surface area contributed by atoms with Crippen molar-refractivity contribution in [2.24, 2.45) is 0 Å². The van der Waals surface area contributed by atoms with Gasteiger partial charge >= 0.3 is 0 Å². The lowest BCUT2D eigenvalue weighted by atomic mass is 10.0. The number of aryl methyl sites for hydroxylation is 1. The number of benzene rings is 2. The largest absolute Gasteiger partial charge is 0.326 e. The summed E-state index contributed by atoms with van der Waals surface area (Å²) in [6.45, 7) is 3.49. The fraction of sp³-hybridized carbons (Fsp3) is 0.190. The smallest absolute Gasteiger partial charge is 0.241 e. The van der Waals surface area contributed by atoms with Crippen molar-refractivity contribution in [3.05, 3.63) is 82.0 Å². The fourth-order valence-electron chi connectivity index (χ4n) is 2.84. The number of sulfonamides is 1. The molecule has 1 atom stereocenters. The third-order valence-electron chi connectivity index (χ3n) is 4.31. The van der Waals surface area contributed by atoms with Crippen molar-refractivity contribution in [1.29, 1.82) is 0 Å². The van der Waals surface area contributed by atoms with E-state index in [2.05, 4.69) is 17.0 Å². The van der Waals surface area contributed by atoms with E-state index in [9.17, 15) is 13.2 Å². The number of anilines is 1. The van der Waals surface area contributed by atoms with Crippen molar-refractivity contribution in [2.75, 3.05) is 5.32 Å². The van der Waals surface area contributed by atoms with Crippen LogP contribution in [0.2, 0.25) is 0 Å². The SMILES string of the molecule is CCc1ccc([C@H](NS(=O)(=O)c2ccc(NC(C)=O)cc2)c2cccs2)cc1. The van der Waals surface area contributed by atoms with Crippen LogP contribution in [-0.2, 0) is 21.2 Å². The van der Waals surface area contributed by atoms with Gasteiger partial charge in [-0.05, 0) is 53.3 Å². The minimum absolute atomic E-state index is 0.147. The summed E-state index contributed by atoms with van der Waals surface area (Å²) in [5.74, 6) is -0.206. The van der Waals surface area contributed by atoms with Crippen LogP contribution in [-0.4, -0.2) is 14.3 Å². The maximum Gasteiger partial charge on any atom is 0.241 e. The van der Waals surface area contributed by atoms with Gasteiger partial charge in [0.1, 0.15) is 0 Å². The molecule has 3 aromatic rings. The van der Waals surface area contributed by atoms with Crippen molar-refractivity contribution < 1.29 is 13.2 Å². The fourth-order valence-corrected chi connectivity index (χ4v) is 4.92. The van der Waals surface area contributed by atoms with Gasteiger partial charge in [0.05, 0.1) is 10.9 Å². The molecule has 146 valence electrons. The van der Waals surface area contributed by atoms with Crippen LogP contribution in [0.3, 0.4) is 0 Å². The zero-order chi connectivity index (χ0) is 20.1. The second kappa shape index (κ2) is 8.68. The summed E-state index contributed by atoms with van der Waals surface area (Å²) < 4.78 is 28.8. The monoisotopic (exact) mass is 414 g/mol. The molecule has 2 N–H and O–H groups in total. The van der Waals surface area contributed by atoms with Crippen LogP contribution in [0.5, 0.6) is 0 Å². The van der Waals surface area contributed by atoms with Crippen molar-refractivity contribution in [1.82, 2.24) is 4.72 Å². The van der Waals surface area contributed by atoms with E-state index in [1.807, 2.05) is 41.8 Å². The molecule has 0 bridgehead atoms. The standard InChI is InChI=1S/C21H22N2O3S2/c1-3-16-6-8-17(9-7-16)21(20-5-4-14-27-20)23-28(25,26)19-12-10-18(11-13-19)22-15(2)24/h4-14,21,23H,3H2,1-2H3,(H,22,24)/t21-/m0/s1. The van der Waals surface area contributed by atoms with Crippen LogP contribution in [0.15, 0.2) is 70.9 Å². The predicted molar refractivity (Wildman–Crippen MR) is 113 cm³/mol. The average Bonchev–Trinajstić information content (AvgIpc) is 3.21. The van der Waals surface area contributed by atoms with E-state index in [-0.39, 0.29) is 10.8 Å². The summed E-state index contributed by atoms with van der Waals surface area (Å²) >= 11 is 1.51. The molecule has 1 aromatic heterocycles. The average molecular weight is 415 g/mol. The number of carbonyl (C=O) groups is 1. The van der Waals surface area contributed by atoms with E-state index >= 15 is 0 Å². The highest BCUT2D eigenvalue weighted by Gasteiger charge is 2.23. The van der Waals surface area contributed by atoms with Gasteiger partial charge in [-0.15, -0.1) is 11.3 Å². The first-order chi connectivity index (χ1) is 13.4. The number of amides is 1. The summed E-state index contributed by atoms with van der Waals surface area (Å²) in [4.78, 5) is 12.2. The molecule has 0 spiro atoms. The molecular weight excluding hydrogens is 392 g/mol. The first-order valence-electron chi connectivity index (χ1n) is 8.91. The van der Waals surface area contributed by atoms with Crippen LogP contribution in [0.1, 0.15) is 35.9 Å². The molecule has 0 aliphatic carbocycles. The molecule has 7 heteroatoms. The molecule has 0 fully saturated rings. The number of hydrogen-bond acceptors (Lipinski definition) is 4. The Morgan fingerprint density at radius 2 is 1.71 bits per heavy atom. The summed E-state index contributed by atoms with van der Waals surface area (Å²) in [7, 11) is -3.75. The molecule has 0 saturated heterocycles. The van der Waals surface area contributed by atoms with Gasteiger partial charge < -0.3 is 5.32 Å². The number of carbonyl (C=O) groups excluding carboxylic acids is 1. The van der Waals surface area contributed by atoms with Crippen molar-refractivity contribution in [3.8, 4) is 0 Å². The van der Waals surface area contributed by atoms with Crippen molar-refractivity contribution >= 4 is 33.0 Å². The molecule has 1 heterocycles. The zero-order valence-corrected chi connectivity index (χ0v) is 17.3. The second-order valence-corrected chi connectivity index (χ2v) is 9.06. The zero-order valence-electron chi connectivity index (χ0n) is 15.7. The van der Waals surface area contributed by atoms with E-state index in [4.69, 9.17) is 0 Å². The Bertz CT molecular complexity index is 1030. The van der Waals surface area contributed by atoms with Gasteiger partial charge in [-0.1, -0.05) is 37.3 Å². The Labute approximate surface area is 169 Å². The Hall–Kier alpha value is -2.48. The third kappa shape index (κ3) is 4.86. The van der Waals surface area contributed by atoms with E-state index in [0.29, 0.717) is 5.69 Å². The van der Waals surface area contributed by atoms with Gasteiger partial charge in [0.2, 0.25) is 15.9 Å². The number of hydrogen-bond donors (Lipinski definition) is 2. The number of rotatable bonds is 7. The van der Waals surface area contributed by atoms with Gasteiger partial charge in [0.25, 0.3) is 0 Å². The molecule has 0 aliphatic heterocycles. The number of thiophene rings is 1. The Kier molecular flexibility index (Phi) is 6.28. The summed E-state index contributed by atoms with van der Waals surface area (Å²) in [5, 5.41) is 4.56. The highest BCUT2D eigenvalue weighted by Crippen LogP contribution is 2.28. The molecule has 0 unspecified atom stereocenters. The first kappa shape index (κ1) is 20.3. The third-order valence-corrected chi connectivity index (χ3v) is 6.68. The first-order valence-corrected chi connectivity index (χ1v) is 11.3. The van der Waals surface area contributed by atoms with Gasteiger partial charge in [-0.2, -0.15) is 4.72 Å². The van der Waals surface area contributed by atoms with Crippen LogP contribution in [0.4, 0.5) is 5.69 Å². The molecule has 1 amide bonds. The van der Waals surface area contributed by atoms with Crippen molar-refractivity contribution in [3.63, 3.8) is 0 Å². The Morgan fingerprint density at radius 3 is 2.25 bits per heavy atom. The quantitative estimate of drug-likeness (QED) is 0.604. The maximum atomic E-state index is 13.0. The predicted octanol–water partition coefficient (Wildman–Crippen LogP) is 4.34. The lowest BCUT2D eigenvalue weighted by molar-refractivity contribution is -0.114. The maximum absolute atomic E-state index is 13.0. The normalized spacial score (nSPS) is 12.5. The lowest BCUT2D eigenvalue weighted by Gasteiger charge is -2.19. The minimum Gasteiger partial charge on any atom is -0.326 e. The van der Waals surface area contributed by atoms with Crippen LogP contribution >= 0.6 is 11.3 Å². The highest BCUT2D eigenvalue weighted by molar-refractivity contribution is 7.89. The van der Waals surface area contributed by atoms with Crippen molar-refractivity contribution in [2.45, 2.75) is 31.2 Å². The lowest BCUT2D eigenvalue weighted by Crippen LogP contribution is -2.29. The van der Waals surface area contributed by atoms with Gasteiger partial charge in [-0.25, -0.2) is 8.42 Å². The van der Waals surface area contributed by atoms with E-state index in [0.717, 1.165) is 16.9 Å². The number of nitrogens with one attached hydrogen (secondary N) is 2. The van der Waals surface area contributed by atoms with Gasteiger partial charge in [0.15, 0.2) is 0 Å². The van der Waals surface area contributed by atoms with E-state index < -0.39 is 16.1 Å². The molecular formula is C21H22N2O3S2. The molecule has 3 rings (SSSR count). The summed E-state index contributed by atoms with van der Waals surface area (Å²) in [5.41, 5.74) is 2.64. The molecule has 0 aliphatic rings. The van der Waals surface area contributed by atoms with E-state index in [1.165, 1.54) is 36.0 Å². The van der Waals surface area contributed by atoms with Crippen LogP contribution < -0.4 is 10.0 Å². The minimum atomic E-state index is -3.75. The van der Waals surface area contributed by atoms with Gasteiger partial charge in [-0.3, -0.25) is 4.79 Å². The van der Waals surface area contributed by atoms with Crippen LogP contribution in [0.25, 0.3) is 0 Å². The van der Waals surface area contributed by atoms with E-state index in [1.54, 1.807) is 12.1 Å². The Balaban J connectivity index is 1.89.